The number of halogens is 1. The Hall–Kier alpha value is -3.18. The molecule has 0 saturated carbocycles. The van der Waals surface area contributed by atoms with Crippen molar-refractivity contribution in [1.82, 2.24) is 9.88 Å². The van der Waals surface area contributed by atoms with Gasteiger partial charge in [0.05, 0.1) is 16.8 Å². The molecule has 1 saturated heterocycles. The Morgan fingerprint density at radius 2 is 1.59 bits per heavy atom. The molecule has 1 amide bonds. The van der Waals surface area contributed by atoms with Crippen LogP contribution in [-0.4, -0.2) is 41.5 Å². The summed E-state index contributed by atoms with van der Waals surface area (Å²) in [5.74, 6) is 0.0641. The monoisotopic (exact) mass is 513 g/mol. The maximum absolute atomic E-state index is 13.9. The van der Waals surface area contributed by atoms with Crippen molar-refractivity contribution in [2.75, 3.05) is 24.5 Å². The first kappa shape index (κ1) is 22.6. The van der Waals surface area contributed by atoms with E-state index in [1.807, 2.05) is 29.2 Å². The van der Waals surface area contributed by atoms with Crippen molar-refractivity contribution in [2.24, 2.45) is 0 Å². The second kappa shape index (κ2) is 9.22. The quantitative estimate of drug-likeness (QED) is 0.308. The molecule has 0 aliphatic carbocycles. The smallest absolute Gasteiger partial charge is 0.254 e. The Kier molecular flexibility index (Phi) is 6.13. The molecule has 1 atom stereocenters. The molecule has 0 N–H and O–H groups in total. The van der Waals surface area contributed by atoms with Gasteiger partial charge in [0.1, 0.15) is 0 Å². The molecule has 0 spiro atoms. The third-order valence-corrected chi connectivity index (χ3v) is 7.12. The minimum Gasteiger partial charge on any atom is -0.365 e. The zero-order valence-electron chi connectivity index (χ0n) is 19.8. The van der Waals surface area contributed by atoms with Crippen molar-refractivity contribution < 1.29 is 4.79 Å². The lowest BCUT2D eigenvalue weighted by atomic mass is 10.0. The predicted octanol–water partition coefficient (Wildman–Crippen LogP) is 6.63. The van der Waals surface area contributed by atoms with E-state index in [4.69, 9.17) is 4.98 Å². The molecule has 4 nitrogen and oxygen atoms in total. The molecular formula is C29H28BrN3O. The standard InChI is InChI=1S/C29H28BrN3O/c1-19-4-8-22(9-5-19)28-17-26(25-16-23(30)10-13-27(25)31-28)29(34)32-14-15-33(21(3)18-32)24-11-6-20(2)7-12-24/h4-13,16-17,21H,14-15,18H2,1-3H3/t21-/m0/s1. The highest BCUT2D eigenvalue weighted by Gasteiger charge is 2.29. The molecule has 1 fully saturated rings. The molecular weight excluding hydrogens is 486 g/mol. The van der Waals surface area contributed by atoms with Gasteiger partial charge in [0.25, 0.3) is 5.91 Å². The maximum atomic E-state index is 13.9. The number of hydrogen-bond acceptors (Lipinski definition) is 3. The van der Waals surface area contributed by atoms with Gasteiger partial charge in [0, 0.05) is 46.8 Å². The molecule has 0 unspecified atom stereocenters. The second-order valence-electron chi connectivity index (χ2n) is 9.21. The van der Waals surface area contributed by atoms with Gasteiger partial charge in [-0.25, -0.2) is 4.98 Å². The van der Waals surface area contributed by atoms with Crippen LogP contribution in [0.1, 0.15) is 28.4 Å². The van der Waals surface area contributed by atoms with Gasteiger partial charge in [0.15, 0.2) is 0 Å². The number of pyridine rings is 1. The molecule has 1 aliphatic heterocycles. The van der Waals surface area contributed by atoms with Crippen molar-refractivity contribution in [3.63, 3.8) is 0 Å². The predicted molar refractivity (Wildman–Crippen MR) is 144 cm³/mol. The van der Waals surface area contributed by atoms with E-state index in [-0.39, 0.29) is 11.9 Å². The first-order chi connectivity index (χ1) is 16.4. The molecule has 1 aliphatic rings. The third kappa shape index (κ3) is 4.45. The van der Waals surface area contributed by atoms with Gasteiger partial charge >= 0.3 is 0 Å². The highest BCUT2D eigenvalue weighted by Crippen LogP contribution is 2.29. The average molecular weight is 514 g/mol. The third-order valence-electron chi connectivity index (χ3n) is 6.63. The topological polar surface area (TPSA) is 36.4 Å². The van der Waals surface area contributed by atoms with Crippen LogP contribution in [-0.2, 0) is 0 Å². The number of benzene rings is 3. The van der Waals surface area contributed by atoms with Gasteiger partial charge in [-0.2, -0.15) is 0 Å². The lowest BCUT2D eigenvalue weighted by molar-refractivity contribution is 0.0728. The molecule has 5 heteroatoms. The SMILES string of the molecule is Cc1ccc(-c2cc(C(=O)N3CCN(c4ccc(C)cc4)[C@@H](C)C3)c3cc(Br)ccc3n2)cc1. The van der Waals surface area contributed by atoms with E-state index in [1.54, 1.807) is 0 Å². The van der Waals surface area contributed by atoms with Crippen molar-refractivity contribution in [2.45, 2.75) is 26.8 Å². The summed E-state index contributed by atoms with van der Waals surface area (Å²) in [5.41, 5.74) is 7.04. The second-order valence-corrected chi connectivity index (χ2v) is 10.1. The normalized spacial score (nSPS) is 16.2. The minimum atomic E-state index is 0.0641. The van der Waals surface area contributed by atoms with E-state index in [0.29, 0.717) is 18.7 Å². The summed E-state index contributed by atoms with van der Waals surface area (Å²) >= 11 is 3.57. The number of aryl methyl sites for hydroxylation is 2. The number of piperazine rings is 1. The van der Waals surface area contributed by atoms with Crippen LogP contribution in [0.15, 0.2) is 77.3 Å². The van der Waals surface area contributed by atoms with Crippen molar-refractivity contribution in [3.8, 4) is 11.3 Å². The van der Waals surface area contributed by atoms with Crippen LogP contribution >= 0.6 is 15.9 Å². The van der Waals surface area contributed by atoms with Gasteiger partial charge in [-0.15, -0.1) is 0 Å². The lowest BCUT2D eigenvalue weighted by Crippen LogP contribution is -2.53. The molecule has 172 valence electrons. The molecule has 1 aromatic heterocycles. The largest absolute Gasteiger partial charge is 0.365 e. The van der Waals surface area contributed by atoms with Gasteiger partial charge in [0.2, 0.25) is 0 Å². The molecule has 0 bridgehead atoms. The fraction of sp³-hybridized carbons (Fsp3) is 0.241. The molecule has 3 aromatic carbocycles. The number of carbonyl (C=O) groups excluding carboxylic acids is 1. The number of amides is 1. The maximum Gasteiger partial charge on any atom is 0.254 e. The number of aromatic nitrogens is 1. The Labute approximate surface area is 209 Å². The minimum absolute atomic E-state index is 0.0641. The summed E-state index contributed by atoms with van der Waals surface area (Å²) in [6.45, 7) is 8.55. The van der Waals surface area contributed by atoms with Gasteiger partial charge in [-0.05, 0) is 57.2 Å². The lowest BCUT2D eigenvalue weighted by Gasteiger charge is -2.41. The van der Waals surface area contributed by atoms with E-state index in [9.17, 15) is 4.79 Å². The van der Waals surface area contributed by atoms with Crippen LogP contribution in [0.3, 0.4) is 0 Å². The van der Waals surface area contributed by atoms with Crippen LogP contribution < -0.4 is 4.90 Å². The van der Waals surface area contributed by atoms with Crippen molar-refractivity contribution in [1.29, 1.82) is 0 Å². The summed E-state index contributed by atoms with van der Waals surface area (Å²) < 4.78 is 0.941. The van der Waals surface area contributed by atoms with Crippen LogP contribution in [0.4, 0.5) is 5.69 Å². The van der Waals surface area contributed by atoms with E-state index in [0.717, 1.165) is 33.2 Å². The van der Waals surface area contributed by atoms with Gasteiger partial charge in [-0.3, -0.25) is 4.79 Å². The molecule has 2 heterocycles. The number of fused-ring (bicyclic) bond motifs is 1. The van der Waals surface area contributed by atoms with Crippen LogP contribution in [0.2, 0.25) is 0 Å². The van der Waals surface area contributed by atoms with Crippen LogP contribution in [0.25, 0.3) is 22.2 Å². The van der Waals surface area contributed by atoms with Gasteiger partial charge < -0.3 is 9.80 Å². The summed E-state index contributed by atoms with van der Waals surface area (Å²) in [5, 5.41) is 0.879. The zero-order chi connectivity index (χ0) is 23.8. The number of rotatable bonds is 3. The first-order valence-corrected chi connectivity index (χ1v) is 12.5. The fourth-order valence-electron chi connectivity index (χ4n) is 4.68. The summed E-state index contributed by atoms with van der Waals surface area (Å²) in [4.78, 5) is 23.1. The Balaban J connectivity index is 1.48. The summed E-state index contributed by atoms with van der Waals surface area (Å²) in [7, 11) is 0. The van der Waals surface area contributed by atoms with Crippen molar-refractivity contribution >= 4 is 38.4 Å². The average Bonchev–Trinajstić information content (AvgIpc) is 2.84. The van der Waals surface area contributed by atoms with Gasteiger partial charge in [-0.1, -0.05) is 63.5 Å². The zero-order valence-corrected chi connectivity index (χ0v) is 21.3. The number of nitrogens with zero attached hydrogens (tertiary/aromatic N) is 3. The Bertz CT molecular complexity index is 1350. The summed E-state index contributed by atoms with van der Waals surface area (Å²) in [6, 6.07) is 25.1. The van der Waals surface area contributed by atoms with Crippen LogP contribution in [0.5, 0.6) is 0 Å². The highest BCUT2D eigenvalue weighted by molar-refractivity contribution is 9.10. The van der Waals surface area contributed by atoms with Crippen LogP contribution in [0, 0.1) is 13.8 Å². The van der Waals surface area contributed by atoms with E-state index >= 15 is 0 Å². The summed E-state index contributed by atoms with van der Waals surface area (Å²) in [6.07, 6.45) is 0. The molecule has 5 rings (SSSR count). The molecule has 0 radical (unpaired) electrons. The molecule has 4 aromatic rings. The van der Waals surface area contributed by atoms with E-state index < -0.39 is 0 Å². The Morgan fingerprint density at radius 1 is 0.912 bits per heavy atom. The molecule has 34 heavy (non-hydrogen) atoms. The number of anilines is 1. The highest BCUT2D eigenvalue weighted by atomic mass is 79.9. The van der Waals surface area contributed by atoms with E-state index in [2.05, 4.69) is 90.1 Å². The van der Waals surface area contributed by atoms with Crippen molar-refractivity contribution in [3.05, 3.63) is 94.0 Å². The fourth-order valence-corrected chi connectivity index (χ4v) is 5.04. The number of carbonyl (C=O) groups is 1. The number of hydrogen-bond donors (Lipinski definition) is 0. The Morgan fingerprint density at radius 3 is 2.26 bits per heavy atom. The first-order valence-electron chi connectivity index (χ1n) is 11.7. The van der Waals surface area contributed by atoms with E-state index in [1.165, 1.54) is 16.8 Å².